The summed E-state index contributed by atoms with van der Waals surface area (Å²) < 4.78 is 0.344. The minimum absolute atomic E-state index is 0.0123. The predicted octanol–water partition coefficient (Wildman–Crippen LogP) is 3.08. The highest BCUT2D eigenvalue weighted by Gasteiger charge is 2.23. The molecular weight excluding hydrogens is 319 g/mol. The highest BCUT2D eigenvalue weighted by molar-refractivity contribution is 14.1. The summed E-state index contributed by atoms with van der Waals surface area (Å²) in [6.07, 6.45) is 3.94. The number of halogens is 1. The van der Waals surface area contributed by atoms with E-state index in [4.69, 9.17) is 0 Å². The summed E-state index contributed by atoms with van der Waals surface area (Å²) in [6.45, 7) is 0. The average molecular weight is 332 g/mol. The van der Waals surface area contributed by atoms with Gasteiger partial charge in [-0.05, 0) is 40.6 Å². The van der Waals surface area contributed by atoms with Crippen molar-refractivity contribution in [3.8, 4) is 11.5 Å². The Morgan fingerprint density at radius 2 is 2.06 bits per heavy atom. The first-order chi connectivity index (χ1) is 7.59. The summed E-state index contributed by atoms with van der Waals surface area (Å²) in [5.74, 6) is 0.377. The van der Waals surface area contributed by atoms with Crippen molar-refractivity contribution in [1.29, 1.82) is 0 Å². The molecule has 0 bridgehead atoms. The Hall–Kier alpha value is -0.780. The standard InChI is InChI=1S/C12H13IO3/c13-11-9(14)5-4-8(12(11)16)10(15)6-7-2-1-3-7/h4-5,7,14,16H,1-3,6H2. The van der Waals surface area contributed by atoms with Crippen molar-refractivity contribution in [3.63, 3.8) is 0 Å². The lowest BCUT2D eigenvalue weighted by Crippen LogP contribution is -2.16. The van der Waals surface area contributed by atoms with E-state index >= 15 is 0 Å². The number of carbonyl (C=O) groups excluding carboxylic acids is 1. The van der Waals surface area contributed by atoms with Crippen LogP contribution in [0, 0.1) is 9.49 Å². The maximum Gasteiger partial charge on any atom is 0.166 e. The Kier molecular flexibility index (Phi) is 3.37. The molecule has 0 amide bonds. The Morgan fingerprint density at radius 1 is 1.38 bits per heavy atom. The molecule has 0 atom stereocenters. The van der Waals surface area contributed by atoms with Crippen LogP contribution in [0.4, 0.5) is 0 Å². The number of benzene rings is 1. The van der Waals surface area contributed by atoms with Crippen molar-refractivity contribution in [2.45, 2.75) is 25.7 Å². The van der Waals surface area contributed by atoms with Crippen molar-refractivity contribution in [1.82, 2.24) is 0 Å². The number of phenols is 2. The molecule has 86 valence electrons. The van der Waals surface area contributed by atoms with Crippen molar-refractivity contribution >= 4 is 28.4 Å². The van der Waals surface area contributed by atoms with E-state index in [2.05, 4.69) is 0 Å². The van der Waals surface area contributed by atoms with Crippen LogP contribution >= 0.6 is 22.6 Å². The smallest absolute Gasteiger partial charge is 0.166 e. The van der Waals surface area contributed by atoms with E-state index in [1.54, 1.807) is 0 Å². The summed E-state index contributed by atoms with van der Waals surface area (Å²) >= 11 is 1.83. The van der Waals surface area contributed by atoms with Crippen LogP contribution in [0.25, 0.3) is 0 Å². The van der Waals surface area contributed by atoms with E-state index in [0.717, 1.165) is 12.8 Å². The first-order valence-electron chi connectivity index (χ1n) is 5.33. The van der Waals surface area contributed by atoms with Gasteiger partial charge in [-0.2, -0.15) is 0 Å². The van der Waals surface area contributed by atoms with Crippen LogP contribution < -0.4 is 0 Å². The van der Waals surface area contributed by atoms with Gasteiger partial charge >= 0.3 is 0 Å². The number of rotatable bonds is 3. The summed E-state index contributed by atoms with van der Waals surface area (Å²) in [5, 5.41) is 19.1. The third-order valence-electron chi connectivity index (χ3n) is 3.09. The van der Waals surface area contributed by atoms with Gasteiger partial charge < -0.3 is 10.2 Å². The fourth-order valence-corrected chi connectivity index (χ4v) is 2.32. The van der Waals surface area contributed by atoms with Crippen LogP contribution in [-0.2, 0) is 0 Å². The molecule has 1 saturated carbocycles. The minimum atomic E-state index is -0.0927. The lowest BCUT2D eigenvalue weighted by Gasteiger charge is -2.24. The number of hydrogen-bond donors (Lipinski definition) is 2. The minimum Gasteiger partial charge on any atom is -0.507 e. The molecule has 0 saturated heterocycles. The number of phenolic OH excluding ortho intramolecular Hbond substituents is 2. The molecule has 1 fully saturated rings. The van der Waals surface area contributed by atoms with Crippen molar-refractivity contribution in [3.05, 3.63) is 21.3 Å². The summed E-state index contributed by atoms with van der Waals surface area (Å²) in [7, 11) is 0. The van der Waals surface area contributed by atoms with Gasteiger partial charge in [0, 0.05) is 6.42 Å². The van der Waals surface area contributed by atoms with Crippen molar-refractivity contribution in [2.24, 2.45) is 5.92 Å². The van der Waals surface area contributed by atoms with Crippen LogP contribution in [0.5, 0.6) is 11.5 Å². The van der Waals surface area contributed by atoms with Gasteiger partial charge in [0.25, 0.3) is 0 Å². The topological polar surface area (TPSA) is 57.5 Å². The molecule has 4 heteroatoms. The third kappa shape index (κ3) is 2.16. The van der Waals surface area contributed by atoms with Gasteiger partial charge in [0.15, 0.2) is 5.78 Å². The van der Waals surface area contributed by atoms with Crippen LogP contribution in [0.3, 0.4) is 0 Å². The molecular formula is C12H13IO3. The molecule has 2 rings (SSSR count). The first kappa shape index (κ1) is 11.7. The molecule has 2 N–H and O–H groups in total. The fourth-order valence-electron chi connectivity index (χ4n) is 1.85. The van der Waals surface area contributed by atoms with Gasteiger partial charge in [-0.1, -0.05) is 19.3 Å². The molecule has 1 aliphatic rings. The predicted molar refractivity (Wildman–Crippen MR) is 68.8 cm³/mol. The van der Waals surface area contributed by atoms with Gasteiger partial charge in [0.05, 0.1) is 9.13 Å². The lowest BCUT2D eigenvalue weighted by atomic mass is 9.81. The number of carbonyl (C=O) groups is 1. The molecule has 0 spiro atoms. The van der Waals surface area contributed by atoms with Crippen molar-refractivity contribution in [2.75, 3.05) is 0 Å². The number of hydrogen-bond acceptors (Lipinski definition) is 3. The zero-order valence-electron chi connectivity index (χ0n) is 8.74. The molecule has 0 heterocycles. The SMILES string of the molecule is O=C(CC1CCC1)c1ccc(O)c(I)c1O. The highest BCUT2D eigenvalue weighted by Crippen LogP contribution is 2.35. The second-order valence-corrected chi connectivity index (χ2v) is 5.30. The molecule has 16 heavy (non-hydrogen) atoms. The molecule has 0 aromatic heterocycles. The molecule has 3 nitrogen and oxygen atoms in total. The van der Waals surface area contributed by atoms with Crippen LogP contribution in [-0.4, -0.2) is 16.0 Å². The molecule has 1 aliphatic carbocycles. The largest absolute Gasteiger partial charge is 0.507 e. The summed E-state index contributed by atoms with van der Waals surface area (Å²) in [6, 6.07) is 2.95. The second-order valence-electron chi connectivity index (χ2n) is 4.22. The first-order valence-corrected chi connectivity index (χ1v) is 6.41. The maximum atomic E-state index is 11.9. The Balaban J connectivity index is 2.19. The van der Waals surface area contributed by atoms with Crippen molar-refractivity contribution < 1.29 is 15.0 Å². The monoisotopic (exact) mass is 332 g/mol. The normalized spacial score (nSPS) is 15.8. The van der Waals surface area contributed by atoms with Gasteiger partial charge in [0.1, 0.15) is 11.5 Å². The fraction of sp³-hybridized carbons (Fsp3) is 0.417. The van der Waals surface area contributed by atoms with Crippen LogP contribution in [0.2, 0.25) is 0 Å². The Bertz CT molecular complexity index is 425. The molecule has 0 aliphatic heterocycles. The van der Waals surface area contributed by atoms with Gasteiger partial charge in [-0.3, -0.25) is 4.79 Å². The number of ketones is 1. The highest BCUT2D eigenvalue weighted by atomic mass is 127. The Morgan fingerprint density at radius 3 is 2.62 bits per heavy atom. The molecule has 1 aromatic carbocycles. The van der Waals surface area contributed by atoms with E-state index in [0.29, 0.717) is 21.5 Å². The summed E-state index contributed by atoms with van der Waals surface area (Å²) in [5.41, 5.74) is 0.328. The zero-order chi connectivity index (χ0) is 11.7. The van der Waals surface area contributed by atoms with E-state index < -0.39 is 0 Å². The van der Waals surface area contributed by atoms with Crippen LogP contribution in [0.15, 0.2) is 12.1 Å². The third-order valence-corrected chi connectivity index (χ3v) is 4.16. The van der Waals surface area contributed by atoms with Gasteiger partial charge in [0.2, 0.25) is 0 Å². The quantitative estimate of drug-likeness (QED) is 0.661. The van der Waals surface area contributed by atoms with Gasteiger partial charge in [-0.25, -0.2) is 0 Å². The molecule has 0 radical (unpaired) electrons. The van der Waals surface area contributed by atoms with Gasteiger partial charge in [-0.15, -0.1) is 0 Å². The lowest BCUT2D eigenvalue weighted by molar-refractivity contribution is 0.0933. The average Bonchev–Trinajstić information content (AvgIpc) is 2.20. The van der Waals surface area contributed by atoms with E-state index in [1.807, 2.05) is 22.6 Å². The number of Topliss-reactive ketones (excluding diaryl/α,β-unsaturated/α-hetero) is 1. The van der Waals surface area contributed by atoms with E-state index in [9.17, 15) is 15.0 Å². The molecule has 1 aromatic rings. The van der Waals surface area contributed by atoms with E-state index in [1.165, 1.54) is 18.6 Å². The second kappa shape index (κ2) is 4.61. The van der Waals surface area contributed by atoms with Crippen LogP contribution in [0.1, 0.15) is 36.0 Å². The van der Waals surface area contributed by atoms with E-state index in [-0.39, 0.29) is 17.3 Å². The zero-order valence-corrected chi connectivity index (χ0v) is 10.9. The Labute approximate surface area is 108 Å². The number of aromatic hydroxyl groups is 2. The molecule has 0 unspecified atom stereocenters. The summed E-state index contributed by atoms with van der Waals surface area (Å²) in [4.78, 5) is 11.9. The maximum absolute atomic E-state index is 11.9.